The Morgan fingerprint density at radius 2 is 1.62 bits per heavy atom. The highest BCUT2D eigenvalue weighted by Gasteiger charge is 2.11. The summed E-state index contributed by atoms with van der Waals surface area (Å²) in [7, 11) is 0. The highest BCUT2D eigenvalue weighted by Crippen LogP contribution is 2.26. The summed E-state index contributed by atoms with van der Waals surface area (Å²) in [6.07, 6.45) is 4.46. The maximum atomic E-state index is 4.10. The second-order valence-corrected chi connectivity index (χ2v) is 5.16. The van der Waals surface area contributed by atoms with Crippen LogP contribution in [-0.4, -0.2) is 0 Å². The summed E-state index contributed by atoms with van der Waals surface area (Å²) in [5, 5.41) is 0. The van der Waals surface area contributed by atoms with Crippen LogP contribution < -0.4 is 0 Å². The molecule has 0 nitrogen and oxygen atoms in total. The Kier molecular flexibility index (Phi) is 5.05. The fourth-order valence-corrected chi connectivity index (χ4v) is 1.61. The first kappa shape index (κ1) is 12.5. The average molecular weight is 180 g/mol. The molecule has 0 unspecified atom stereocenters. The van der Waals surface area contributed by atoms with Crippen molar-refractivity contribution in [3.63, 3.8) is 0 Å². The van der Waals surface area contributed by atoms with Crippen molar-refractivity contribution >= 4 is 0 Å². The van der Waals surface area contributed by atoms with Crippen molar-refractivity contribution in [2.45, 2.75) is 53.4 Å². The van der Waals surface area contributed by atoms with E-state index in [0.29, 0.717) is 5.41 Å². The Balaban J connectivity index is 3.82. The predicted molar refractivity (Wildman–Crippen MR) is 61.9 cm³/mol. The van der Waals surface area contributed by atoms with E-state index >= 15 is 0 Å². The van der Waals surface area contributed by atoms with Crippen molar-refractivity contribution in [3.05, 3.63) is 24.3 Å². The molecule has 76 valence electrons. The first-order valence-electron chi connectivity index (χ1n) is 5.18. The van der Waals surface area contributed by atoms with Crippen molar-refractivity contribution in [2.24, 2.45) is 5.41 Å². The average Bonchev–Trinajstić information content (AvgIpc) is 1.81. The molecule has 13 heavy (non-hydrogen) atoms. The number of hydrogen-bond acceptors (Lipinski definition) is 0. The summed E-state index contributed by atoms with van der Waals surface area (Å²) >= 11 is 0. The standard InChI is InChI=1S/C13H24/c1-7-8-11(2)9-12(3)10-13(4,5)6/h2-3,7-10H2,1,4-6H3. The zero-order chi connectivity index (χ0) is 10.5. The monoisotopic (exact) mass is 180 g/mol. The van der Waals surface area contributed by atoms with Crippen LogP contribution in [0.5, 0.6) is 0 Å². The number of rotatable bonds is 5. The Morgan fingerprint density at radius 3 is 2.00 bits per heavy atom. The largest absolute Gasteiger partial charge is 0.0995 e. The van der Waals surface area contributed by atoms with Gasteiger partial charge in [-0.15, -0.1) is 0 Å². The van der Waals surface area contributed by atoms with Gasteiger partial charge in [0.05, 0.1) is 0 Å². The minimum absolute atomic E-state index is 0.365. The molecule has 0 aromatic carbocycles. The first-order valence-corrected chi connectivity index (χ1v) is 5.18. The predicted octanol–water partition coefficient (Wildman–Crippen LogP) is 4.73. The molecule has 0 spiro atoms. The summed E-state index contributed by atoms with van der Waals surface area (Å²) in [6, 6.07) is 0. The molecular formula is C13H24. The summed E-state index contributed by atoms with van der Waals surface area (Å²) in [5.41, 5.74) is 3.02. The minimum atomic E-state index is 0.365. The number of allylic oxidation sites excluding steroid dienone is 2. The van der Waals surface area contributed by atoms with Gasteiger partial charge in [0, 0.05) is 0 Å². The van der Waals surface area contributed by atoms with Gasteiger partial charge in [0.15, 0.2) is 0 Å². The van der Waals surface area contributed by atoms with Crippen molar-refractivity contribution in [2.75, 3.05) is 0 Å². The lowest BCUT2D eigenvalue weighted by Gasteiger charge is -2.20. The molecule has 0 fully saturated rings. The molecule has 0 radical (unpaired) electrons. The molecule has 0 aromatic rings. The lowest BCUT2D eigenvalue weighted by atomic mass is 9.86. The van der Waals surface area contributed by atoms with Gasteiger partial charge in [-0.2, -0.15) is 0 Å². The molecule has 0 saturated carbocycles. The molecule has 0 aliphatic carbocycles. The van der Waals surface area contributed by atoms with Crippen LogP contribution in [-0.2, 0) is 0 Å². The molecule has 0 heteroatoms. The van der Waals surface area contributed by atoms with Crippen LogP contribution in [0.25, 0.3) is 0 Å². The van der Waals surface area contributed by atoms with E-state index in [1.165, 1.54) is 17.6 Å². The second-order valence-electron chi connectivity index (χ2n) is 5.16. The fourth-order valence-electron chi connectivity index (χ4n) is 1.61. The third-order valence-corrected chi connectivity index (χ3v) is 1.88. The SMILES string of the molecule is C=C(CCC)CC(=C)CC(C)(C)C. The Hall–Kier alpha value is -0.520. The van der Waals surface area contributed by atoms with Crippen molar-refractivity contribution in [1.82, 2.24) is 0 Å². The van der Waals surface area contributed by atoms with E-state index in [1.54, 1.807) is 0 Å². The summed E-state index contributed by atoms with van der Waals surface area (Å²) in [5.74, 6) is 0. The van der Waals surface area contributed by atoms with Crippen LogP contribution in [0.2, 0.25) is 0 Å². The molecule has 0 heterocycles. The van der Waals surface area contributed by atoms with Crippen molar-refractivity contribution in [3.8, 4) is 0 Å². The lowest BCUT2D eigenvalue weighted by Crippen LogP contribution is -2.06. The maximum absolute atomic E-state index is 4.10. The van der Waals surface area contributed by atoms with Gasteiger partial charge in [0.2, 0.25) is 0 Å². The Labute approximate surface area is 83.7 Å². The van der Waals surface area contributed by atoms with Crippen LogP contribution in [0.1, 0.15) is 53.4 Å². The van der Waals surface area contributed by atoms with Crippen LogP contribution in [0, 0.1) is 5.41 Å². The summed E-state index contributed by atoms with van der Waals surface area (Å²) in [4.78, 5) is 0. The van der Waals surface area contributed by atoms with E-state index in [1.807, 2.05) is 0 Å². The zero-order valence-electron chi connectivity index (χ0n) is 9.74. The van der Waals surface area contributed by atoms with Gasteiger partial charge in [-0.25, -0.2) is 0 Å². The van der Waals surface area contributed by atoms with E-state index < -0.39 is 0 Å². The molecule has 0 rings (SSSR count). The van der Waals surface area contributed by atoms with Crippen molar-refractivity contribution < 1.29 is 0 Å². The molecule has 0 amide bonds. The van der Waals surface area contributed by atoms with Gasteiger partial charge in [0.1, 0.15) is 0 Å². The van der Waals surface area contributed by atoms with Gasteiger partial charge in [-0.05, 0) is 24.7 Å². The van der Waals surface area contributed by atoms with Crippen LogP contribution in [0.15, 0.2) is 24.3 Å². The third-order valence-electron chi connectivity index (χ3n) is 1.88. The number of hydrogen-bond donors (Lipinski definition) is 0. The lowest BCUT2D eigenvalue weighted by molar-refractivity contribution is 0.406. The van der Waals surface area contributed by atoms with Crippen LogP contribution >= 0.6 is 0 Å². The van der Waals surface area contributed by atoms with Gasteiger partial charge in [0.25, 0.3) is 0 Å². The summed E-state index contributed by atoms with van der Waals surface area (Å²) in [6.45, 7) is 17.1. The molecular weight excluding hydrogens is 156 g/mol. The smallest absolute Gasteiger partial charge is 0.0114 e. The van der Waals surface area contributed by atoms with E-state index in [2.05, 4.69) is 40.9 Å². The molecule has 0 bridgehead atoms. The molecule has 0 saturated heterocycles. The van der Waals surface area contributed by atoms with Crippen molar-refractivity contribution in [1.29, 1.82) is 0 Å². The quantitative estimate of drug-likeness (QED) is 0.537. The topological polar surface area (TPSA) is 0 Å². The molecule has 0 aliphatic heterocycles. The van der Waals surface area contributed by atoms with E-state index in [4.69, 9.17) is 0 Å². The van der Waals surface area contributed by atoms with Gasteiger partial charge < -0.3 is 0 Å². The van der Waals surface area contributed by atoms with E-state index in [-0.39, 0.29) is 0 Å². The molecule has 0 aliphatic rings. The highest BCUT2D eigenvalue weighted by molar-refractivity contribution is 5.10. The summed E-state index contributed by atoms with van der Waals surface area (Å²) < 4.78 is 0. The molecule has 0 aromatic heterocycles. The van der Waals surface area contributed by atoms with Gasteiger partial charge >= 0.3 is 0 Å². The Morgan fingerprint density at radius 1 is 1.08 bits per heavy atom. The van der Waals surface area contributed by atoms with Gasteiger partial charge in [-0.3, -0.25) is 0 Å². The maximum Gasteiger partial charge on any atom is -0.0114 e. The highest BCUT2D eigenvalue weighted by atomic mass is 14.2. The minimum Gasteiger partial charge on any atom is -0.0995 e. The van der Waals surface area contributed by atoms with Gasteiger partial charge in [-0.1, -0.05) is 58.4 Å². The third kappa shape index (κ3) is 7.83. The van der Waals surface area contributed by atoms with E-state index in [9.17, 15) is 0 Å². The Bertz CT molecular complexity index is 179. The fraction of sp³-hybridized carbons (Fsp3) is 0.692. The normalized spacial score (nSPS) is 11.4. The van der Waals surface area contributed by atoms with E-state index in [0.717, 1.165) is 19.3 Å². The first-order chi connectivity index (χ1) is 5.85. The van der Waals surface area contributed by atoms with Crippen LogP contribution in [0.3, 0.4) is 0 Å². The second kappa shape index (κ2) is 5.26. The molecule has 0 atom stereocenters. The zero-order valence-corrected chi connectivity index (χ0v) is 9.74. The van der Waals surface area contributed by atoms with Crippen LogP contribution in [0.4, 0.5) is 0 Å². The molecule has 0 N–H and O–H groups in total.